The molecule has 0 saturated heterocycles. The number of halogens is 3. The van der Waals surface area contributed by atoms with Crippen LogP contribution < -0.4 is 10.1 Å². The normalized spacial score (nSPS) is 11.5. The van der Waals surface area contributed by atoms with Crippen molar-refractivity contribution in [1.82, 2.24) is 0 Å². The van der Waals surface area contributed by atoms with Crippen LogP contribution in [0.5, 0.6) is 5.75 Å². The maximum absolute atomic E-state index is 12.6. The average molecular weight is 310 g/mol. The molecule has 2 rings (SSSR count). The minimum Gasteiger partial charge on any atom is -0.496 e. The molecule has 0 atom stereocenters. The van der Waals surface area contributed by atoms with Crippen molar-refractivity contribution in [3.63, 3.8) is 0 Å². The van der Waals surface area contributed by atoms with E-state index >= 15 is 0 Å². The number of alkyl halides is 3. The van der Waals surface area contributed by atoms with Crippen LogP contribution >= 0.6 is 0 Å². The van der Waals surface area contributed by atoms with Gasteiger partial charge < -0.3 is 10.1 Å². The fourth-order valence-corrected chi connectivity index (χ4v) is 2.31. The monoisotopic (exact) mass is 310 g/mol. The molecule has 2 nitrogen and oxygen atoms in total. The smallest absolute Gasteiger partial charge is 0.416 e. The van der Waals surface area contributed by atoms with Gasteiger partial charge in [-0.25, -0.2) is 0 Å². The summed E-state index contributed by atoms with van der Waals surface area (Å²) in [4.78, 5) is 0. The summed E-state index contributed by atoms with van der Waals surface area (Å²) < 4.78 is 43.2. The summed E-state index contributed by atoms with van der Waals surface area (Å²) in [5.41, 5.74) is 1.18. The van der Waals surface area contributed by atoms with Gasteiger partial charge in [-0.15, -0.1) is 0 Å². The minimum absolute atomic E-state index is 0.527. The van der Waals surface area contributed by atoms with Gasteiger partial charge >= 0.3 is 6.18 Å². The second kappa shape index (κ2) is 7.31. The van der Waals surface area contributed by atoms with Gasteiger partial charge in [0.05, 0.1) is 19.2 Å². The van der Waals surface area contributed by atoms with E-state index in [0.29, 0.717) is 12.1 Å². The lowest BCUT2D eigenvalue weighted by atomic mass is 10.1. The van der Waals surface area contributed by atoms with Gasteiger partial charge in [0.25, 0.3) is 0 Å². The number of methoxy groups -OCH3 is 1. The Balaban J connectivity index is 1.87. The first-order valence-electron chi connectivity index (χ1n) is 7.10. The molecule has 0 aromatic heterocycles. The molecule has 2 aromatic carbocycles. The highest BCUT2D eigenvalue weighted by molar-refractivity contribution is 5.33. The quantitative estimate of drug-likeness (QED) is 0.816. The van der Waals surface area contributed by atoms with Gasteiger partial charge in [0.1, 0.15) is 12.3 Å². The van der Waals surface area contributed by atoms with Gasteiger partial charge in [-0.2, -0.15) is 13.2 Å². The van der Waals surface area contributed by atoms with Crippen LogP contribution in [0.4, 0.5) is 13.2 Å². The Kier molecular flexibility index (Phi) is 5.44. The van der Waals surface area contributed by atoms with Crippen LogP contribution in [0.3, 0.4) is 0 Å². The van der Waals surface area contributed by atoms with Crippen molar-refractivity contribution in [2.75, 3.05) is 13.7 Å². The van der Waals surface area contributed by atoms with Crippen molar-refractivity contribution in [2.24, 2.45) is 0 Å². The van der Waals surface area contributed by atoms with Gasteiger partial charge in [0, 0.05) is 12.0 Å². The molecular weight excluding hydrogens is 291 g/mol. The van der Waals surface area contributed by atoms with Crippen molar-refractivity contribution in [2.45, 2.75) is 19.1 Å². The lowest BCUT2D eigenvalue weighted by Crippen LogP contribution is -2.83. The molecule has 0 bridgehead atoms. The Morgan fingerprint density at radius 3 is 2.55 bits per heavy atom. The summed E-state index contributed by atoms with van der Waals surface area (Å²) in [5, 5.41) is 2.00. The molecule has 22 heavy (non-hydrogen) atoms. The largest absolute Gasteiger partial charge is 0.496 e. The van der Waals surface area contributed by atoms with Gasteiger partial charge in [0.2, 0.25) is 0 Å². The molecule has 0 heterocycles. The first-order chi connectivity index (χ1) is 10.5. The van der Waals surface area contributed by atoms with E-state index in [9.17, 15) is 13.2 Å². The summed E-state index contributed by atoms with van der Waals surface area (Å²) in [6.45, 7) is 1.32. The summed E-state index contributed by atoms with van der Waals surface area (Å²) in [6, 6.07) is 13.2. The first kappa shape index (κ1) is 16.4. The van der Waals surface area contributed by atoms with Crippen molar-refractivity contribution in [3.05, 3.63) is 65.2 Å². The summed E-state index contributed by atoms with van der Waals surface area (Å²) in [7, 11) is 1.63. The van der Waals surface area contributed by atoms with Crippen LogP contribution in [0.15, 0.2) is 48.5 Å². The Bertz CT molecular complexity index is 611. The summed E-state index contributed by atoms with van der Waals surface area (Å²) >= 11 is 0. The van der Waals surface area contributed by atoms with Crippen LogP contribution in [0.2, 0.25) is 0 Å². The molecule has 118 valence electrons. The van der Waals surface area contributed by atoms with E-state index in [2.05, 4.69) is 0 Å². The second-order valence-corrected chi connectivity index (χ2v) is 5.04. The number of rotatable bonds is 6. The third-order valence-electron chi connectivity index (χ3n) is 3.44. The number of ether oxygens (including phenoxy) is 1. The van der Waals surface area contributed by atoms with Crippen LogP contribution in [0.25, 0.3) is 0 Å². The van der Waals surface area contributed by atoms with Crippen molar-refractivity contribution >= 4 is 0 Å². The van der Waals surface area contributed by atoms with Gasteiger partial charge in [-0.05, 0) is 23.8 Å². The molecular formula is C17H19F3NO+. The van der Waals surface area contributed by atoms with Crippen LogP contribution in [-0.4, -0.2) is 13.7 Å². The third kappa shape index (κ3) is 4.49. The molecule has 0 aliphatic rings. The zero-order valence-corrected chi connectivity index (χ0v) is 12.4. The molecule has 5 heteroatoms. The maximum Gasteiger partial charge on any atom is 0.416 e. The Morgan fingerprint density at radius 2 is 1.82 bits per heavy atom. The molecule has 0 aliphatic carbocycles. The lowest BCUT2D eigenvalue weighted by Gasteiger charge is -2.09. The van der Waals surface area contributed by atoms with E-state index in [4.69, 9.17) is 4.74 Å². The predicted octanol–water partition coefficient (Wildman–Crippen LogP) is 3.02. The average Bonchev–Trinajstić information content (AvgIpc) is 2.51. The highest BCUT2D eigenvalue weighted by Crippen LogP contribution is 2.29. The van der Waals surface area contributed by atoms with Crippen molar-refractivity contribution < 1.29 is 23.2 Å². The van der Waals surface area contributed by atoms with Crippen LogP contribution in [-0.2, 0) is 19.1 Å². The molecule has 0 radical (unpaired) electrons. The molecule has 0 unspecified atom stereocenters. The van der Waals surface area contributed by atoms with E-state index in [0.717, 1.165) is 30.3 Å². The van der Waals surface area contributed by atoms with E-state index in [1.807, 2.05) is 29.6 Å². The summed E-state index contributed by atoms with van der Waals surface area (Å²) in [5.74, 6) is 0.843. The molecule has 2 aromatic rings. The fraction of sp³-hybridized carbons (Fsp3) is 0.294. The zero-order valence-electron chi connectivity index (χ0n) is 12.4. The lowest BCUT2D eigenvalue weighted by molar-refractivity contribution is -0.670. The summed E-state index contributed by atoms with van der Waals surface area (Å²) in [6.07, 6.45) is -3.48. The number of hydrogen-bond acceptors (Lipinski definition) is 1. The van der Waals surface area contributed by atoms with E-state index in [1.165, 1.54) is 12.1 Å². The number of nitrogens with two attached hydrogens (primary N) is 1. The Hall–Kier alpha value is -2.01. The number of para-hydroxylation sites is 1. The standard InChI is InChI=1S/C17H18F3NO/c1-22-16-8-3-2-6-14(16)9-10-21-12-13-5-4-7-15(11-13)17(18,19)20/h2-8,11,21H,9-10,12H2,1H3/p+1. The predicted molar refractivity (Wildman–Crippen MR) is 78.6 cm³/mol. The van der Waals surface area contributed by atoms with Crippen molar-refractivity contribution in [1.29, 1.82) is 0 Å². The topological polar surface area (TPSA) is 25.8 Å². The van der Waals surface area contributed by atoms with Crippen LogP contribution in [0, 0.1) is 0 Å². The fourth-order valence-electron chi connectivity index (χ4n) is 2.31. The second-order valence-electron chi connectivity index (χ2n) is 5.04. The molecule has 0 saturated carbocycles. The van der Waals surface area contributed by atoms with E-state index in [1.54, 1.807) is 13.2 Å². The third-order valence-corrected chi connectivity index (χ3v) is 3.44. The molecule has 0 spiro atoms. The molecule has 0 amide bonds. The Labute approximate surface area is 127 Å². The number of hydrogen-bond donors (Lipinski definition) is 1. The number of benzene rings is 2. The molecule has 0 fully saturated rings. The van der Waals surface area contributed by atoms with Crippen molar-refractivity contribution in [3.8, 4) is 5.75 Å². The van der Waals surface area contributed by atoms with Crippen LogP contribution in [0.1, 0.15) is 16.7 Å². The van der Waals surface area contributed by atoms with E-state index in [-0.39, 0.29) is 0 Å². The highest BCUT2D eigenvalue weighted by Gasteiger charge is 2.30. The maximum atomic E-state index is 12.6. The highest BCUT2D eigenvalue weighted by atomic mass is 19.4. The van der Waals surface area contributed by atoms with Gasteiger partial charge in [-0.1, -0.05) is 30.3 Å². The van der Waals surface area contributed by atoms with Gasteiger partial charge in [0.15, 0.2) is 0 Å². The number of quaternary nitrogens is 1. The first-order valence-corrected chi connectivity index (χ1v) is 7.10. The minimum atomic E-state index is -4.28. The molecule has 2 N–H and O–H groups in total. The zero-order chi connectivity index (χ0) is 16.0. The SMILES string of the molecule is COc1ccccc1CC[NH2+]Cc1cccc(C(F)(F)F)c1. The molecule has 0 aliphatic heterocycles. The van der Waals surface area contributed by atoms with Gasteiger partial charge in [-0.3, -0.25) is 0 Å². The Morgan fingerprint density at radius 1 is 1.05 bits per heavy atom. The van der Waals surface area contributed by atoms with E-state index < -0.39 is 11.7 Å².